The van der Waals surface area contributed by atoms with Crippen LogP contribution in [-0.4, -0.2) is 27.6 Å². The van der Waals surface area contributed by atoms with Gasteiger partial charge in [0.2, 0.25) is 0 Å². The van der Waals surface area contributed by atoms with Crippen LogP contribution in [0.4, 0.5) is 4.79 Å². The van der Waals surface area contributed by atoms with E-state index in [0.29, 0.717) is 13.0 Å². The Kier molecular flexibility index (Phi) is 4.82. The van der Waals surface area contributed by atoms with E-state index in [1.807, 2.05) is 19.2 Å². The van der Waals surface area contributed by atoms with Gasteiger partial charge >= 0.3 is 12.0 Å². The average molecular weight is 311 g/mol. The molecule has 3 N–H and O–H groups in total. The number of carbonyl (C=O) groups is 2. The summed E-state index contributed by atoms with van der Waals surface area (Å²) < 4.78 is 0. The van der Waals surface area contributed by atoms with Crippen LogP contribution in [0.2, 0.25) is 0 Å². The standard InChI is InChI=1S/C14H21N3O3S/c1-9-5-3-4-6-14(9,12(18)19)17-13(20)15-7-11-16-10(2)8-21-11/h8-9H,3-7H2,1-2H3,(H,18,19)(H2,15,17,20). The van der Waals surface area contributed by atoms with E-state index < -0.39 is 17.5 Å². The SMILES string of the molecule is Cc1csc(CNC(=O)NC2(C(=O)O)CCCCC2C)n1. The van der Waals surface area contributed by atoms with Crippen LogP contribution in [0.3, 0.4) is 0 Å². The Morgan fingerprint density at radius 3 is 2.86 bits per heavy atom. The number of rotatable bonds is 4. The van der Waals surface area contributed by atoms with Crippen molar-refractivity contribution in [1.82, 2.24) is 15.6 Å². The molecule has 0 spiro atoms. The van der Waals surface area contributed by atoms with Gasteiger partial charge in [0.15, 0.2) is 0 Å². The van der Waals surface area contributed by atoms with Crippen LogP contribution in [-0.2, 0) is 11.3 Å². The number of amides is 2. The van der Waals surface area contributed by atoms with Crippen molar-refractivity contribution in [1.29, 1.82) is 0 Å². The van der Waals surface area contributed by atoms with E-state index in [1.165, 1.54) is 11.3 Å². The molecule has 1 aliphatic rings. The summed E-state index contributed by atoms with van der Waals surface area (Å²) in [6, 6.07) is -0.445. The van der Waals surface area contributed by atoms with Crippen LogP contribution in [0.25, 0.3) is 0 Å². The molecule has 2 unspecified atom stereocenters. The summed E-state index contributed by atoms with van der Waals surface area (Å²) in [6.45, 7) is 4.09. The maximum Gasteiger partial charge on any atom is 0.329 e. The van der Waals surface area contributed by atoms with Crippen LogP contribution in [0.5, 0.6) is 0 Å². The average Bonchev–Trinajstić information content (AvgIpc) is 2.85. The highest BCUT2D eigenvalue weighted by atomic mass is 32.1. The molecule has 1 aromatic heterocycles. The van der Waals surface area contributed by atoms with Gasteiger partial charge in [-0.2, -0.15) is 0 Å². The third-order valence-electron chi connectivity index (χ3n) is 4.08. The topological polar surface area (TPSA) is 91.3 Å². The normalized spacial score (nSPS) is 25.3. The summed E-state index contributed by atoms with van der Waals surface area (Å²) >= 11 is 1.47. The molecule has 0 saturated heterocycles. The van der Waals surface area contributed by atoms with Crippen molar-refractivity contribution in [3.8, 4) is 0 Å². The van der Waals surface area contributed by atoms with Crippen LogP contribution in [0.1, 0.15) is 43.3 Å². The zero-order valence-electron chi connectivity index (χ0n) is 12.3. The molecule has 1 heterocycles. The Bertz CT molecular complexity index is 531. The fourth-order valence-electron chi connectivity index (χ4n) is 2.79. The first kappa shape index (κ1) is 15.8. The Morgan fingerprint density at radius 1 is 1.52 bits per heavy atom. The first-order valence-corrected chi connectivity index (χ1v) is 8.02. The molecule has 0 radical (unpaired) electrons. The molecule has 7 heteroatoms. The quantitative estimate of drug-likeness (QED) is 0.795. The monoisotopic (exact) mass is 311 g/mol. The van der Waals surface area contributed by atoms with Gasteiger partial charge in [-0.1, -0.05) is 19.8 Å². The third kappa shape index (κ3) is 3.53. The van der Waals surface area contributed by atoms with Gasteiger partial charge in [0, 0.05) is 11.1 Å². The van der Waals surface area contributed by atoms with E-state index >= 15 is 0 Å². The number of aromatic nitrogens is 1. The summed E-state index contributed by atoms with van der Waals surface area (Å²) in [7, 11) is 0. The van der Waals surface area contributed by atoms with E-state index in [2.05, 4.69) is 15.6 Å². The molecule has 2 amide bonds. The lowest BCUT2D eigenvalue weighted by Gasteiger charge is -2.39. The summed E-state index contributed by atoms with van der Waals surface area (Å²) in [5, 5.41) is 17.6. The summed E-state index contributed by atoms with van der Waals surface area (Å²) in [5.74, 6) is -1.02. The Labute approximate surface area is 128 Å². The molecular weight excluding hydrogens is 290 g/mol. The number of thiazole rings is 1. The minimum Gasteiger partial charge on any atom is -0.479 e. The molecular formula is C14H21N3O3S. The number of urea groups is 1. The van der Waals surface area contributed by atoms with Crippen molar-refractivity contribution in [2.75, 3.05) is 0 Å². The molecule has 116 valence electrons. The second-order valence-electron chi connectivity index (χ2n) is 5.61. The minimum atomic E-state index is -1.15. The first-order valence-electron chi connectivity index (χ1n) is 7.14. The summed E-state index contributed by atoms with van der Waals surface area (Å²) in [5.41, 5.74) is -0.235. The predicted molar refractivity (Wildman–Crippen MR) is 80.2 cm³/mol. The molecule has 0 aliphatic heterocycles. The largest absolute Gasteiger partial charge is 0.479 e. The number of carboxylic acids is 1. The molecule has 2 rings (SSSR count). The van der Waals surface area contributed by atoms with Crippen molar-refractivity contribution < 1.29 is 14.7 Å². The smallest absolute Gasteiger partial charge is 0.329 e. The van der Waals surface area contributed by atoms with Crippen molar-refractivity contribution in [2.24, 2.45) is 5.92 Å². The van der Waals surface area contributed by atoms with Crippen molar-refractivity contribution in [2.45, 2.75) is 51.6 Å². The molecule has 1 saturated carbocycles. The van der Waals surface area contributed by atoms with E-state index in [9.17, 15) is 14.7 Å². The molecule has 0 aromatic carbocycles. The predicted octanol–water partition coefficient (Wildman–Crippen LogP) is 2.28. The highest BCUT2D eigenvalue weighted by molar-refractivity contribution is 7.09. The maximum atomic E-state index is 12.0. The maximum absolute atomic E-state index is 12.0. The Balaban J connectivity index is 1.97. The third-order valence-corrected chi connectivity index (χ3v) is 5.05. The van der Waals surface area contributed by atoms with Crippen molar-refractivity contribution in [3.05, 3.63) is 16.1 Å². The van der Waals surface area contributed by atoms with Gasteiger partial charge in [-0.25, -0.2) is 14.6 Å². The first-order chi connectivity index (χ1) is 9.94. The van der Waals surface area contributed by atoms with Crippen molar-refractivity contribution in [3.63, 3.8) is 0 Å². The summed E-state index contributed by atoms with van der Waals surface area (Å²) in [6.07, 6.45) is 3.13. The number of nitrogens with zero attached hydrogens (tertiary/aromatic N) is 1. The highest BCUT2D eigenvalue weighted by Crippen LogP contribution is 2.33. The molecule has 1 aliphatic carbocycles. The molecule has 2 atom stereocenters. The van der Waals surface area contributed by atoms with Crippen LogP contribution in [0, 0.1) is 12.8 Å². The van der Waals surface area contributed by atoms with Crippen LogP contribution in [0.15, 0.2) is 5.38 Å². The molecule has 0 bridgehead atoms. The van der Waals surface area contributed by atoms with Gasteiger partial charge in [0.25, 0.3) is 0 Å². The second-order valence-corrected chi connectivity index (χ2v) is 6.56. The van der Waals surface area contributed by atoms with Gasteiger partial charge in [0.05, 0.1) is 6.54 Å². The number of carbonyl (C=O) groups excluding carboxylic acids is 1. The lowest BCUT2D eigenvalue weighted by atomic mass is 9.73. The molecule has 21 heavy (non-hydrogen) atoms. The minimum absolute atomic E-state index is 0.0726. The zero-order valence-corrected chi connectivity index (χ0v) is 13.1. The lowest BCUT2D eigenvalue weighted by molar-refractivity contribution is -0.148. The number of nitrogens with one attached hydrogen (secondary N) is 2. The van der Waals surface area contributed by atoms with Gasteiger partial charge in [-0.3, -0.25) is 0 Å². The number of aryl methyl sites for hydroxylation is 1. The van der Waals surface area contributed by atoms with E-state index in [4.69, 9.17) is 0 Å². The number of aliphatic carboxylic acids is 1. The Hall–Kier alpha value is -1.63. The van der Waals surface area contributed by atoms with Crippen LogP contribution >= 0.6 is 11.3 Å². The molecule has 6 nitrogen and oxygen atoms in total. The lowest BCUT2D eigenvalue weighted by Crippen LogP contribution is -2.61. The Morgan fingerprint density at radius 2 is 2.29 bits per heavy atom. The summed E-state index contributed by atoms with van der Waals surface area (Å²) in [4.78, 5) is 27.9. The van der Waals surface area contributed by atoms with Gasteiger partial charge in [0.1, 0.15) is 10.5 Å². The van der Waals surface area contributed by atoms with Crippen molar-refractivity contribution >= 4 is 23.3 Å². The molecule has 1 fully saturated rings. The highest BCUT2D eigenvalue weighted by Gasteiger charge is 2.46. The van der Waals surface area contributed by atoms with E-state index in [0.717, 1.165) is 30.0 Å². The van der Waals surface area contributed by atoms with Gasteiger partial charge in [-0.05, 0) is 25.7 Å². The van der Waals surface area contributed by atoms with Gasteiger partial charge in [-0.15, -0.1) is 11.3 Å². The van der Waals surface area contributed by atoms with E-state index in [1.54, 1.807) is 0 Å². The zero-order chi connectivity index (χ0) is 15.5. The second kappa shape index (κ2) is 6.43. The number of carboxylic acid groups (broad SMARTS) is 1. The number of hydrogen-bond acceptors (Lipinski definition) is 4. The van der Waals surface area contributed by atoms with E-state index in [-0.39, 0.29) is 5.92 Å². The fraction of sp³-hybridized carbons (Fsp3) is 0.643. The fourth-order valence-corrected chi connectivity index (χ4v) is 3.50. The number of hydrogen-bond donors (Lipinski definition) is 3. The van der Waals surface area contributed by atoms with Crippen LogP contribution < -0.4 is 10.6 Å². The van der Waals surface area contributed by atoms with Gasteiger partial charge < -0.3 is 15.7 Å². The molecule has 1 aromatic rings.